The molecule has 8 heteroatoms. The molecule has 3 rings (SSSR count). The summed E-state index contributed by atoms with van der Waals surface area (Å²) in [5, 5.41) is 15.0. The summed E-state index contributed by atoms with van der Waals surface area (Å²) in [4.78, 5) is 38.9. The summed E-state index contributed by atoms with van der Waals surface area (Å²) in [6.45, 7) is 1.22. The van der Waals surface area contributed by atoms with Crippen LogP contribution in [0.1, 0.15) is 18.5 Å². The smallest absolute Gasteiger partial charge is 0.341 e. The molecule has 0 fully saturated rings. The number of carboxylic acid groups (broad SMARTS) is 1. The van der Waals surface area contributed by atoms with Gasteiger partial charge in [0.25, 0.3) is 0 Å². The molecule has 0 aromatic heterocycles. The van der Waals surface area contributed by atoms with Crippen molar-refractivity contribution in [3.05, 3.63) is 60.2 Å². The second-order valence-electron chi connectivity index (χ2n) is 6.25. The number of anilines is 1. The van der Waals surface area contributed by atoms with Crippen molar-refractivity contribution in [2.75, 3.05) is 11.9 Å². The number of carboxylic acids is 1. The second-order valence-corrected chi connectivity index (χ2v) is 6.25. The van der Waals surface area contributed by atoms with Crippen LogP contribution in [0.25, 0.3) is 0 Å². The van der Waals surface area contributed by atoms with Crippen molar-refractivity contribution < 1.29 is 24.2 Å². The normalized spacial score (nSPS) is 18.6. The molecule has 0 spiro atoms. The van der Waals surface area contributed by atoms with Crippen molar-refractivity contribution >= 4 is 29.3 Å². The third-order valence-electron chi connectivity index (χ3n) is 4.18. The molecule has 0 aliphatic carbocycles. The minimum Gasteiger partial charge on any atom is -0.488 e. The van der Waals surface area contributed by atoms with E-state index >= 15 is 0 Å². The van der Waals surface area contributed by atoms with Crippen LogP contribution in [0.2, 0.25) is 0 Å². The number of rotatable bonds is 6. The fraction of sp³-hybridized carbons (Fsp3) is 0.200. The van der Waals surface area contributed by atoms with Crippen LogP contribution in [-0.2, 0) is 9.59 Å². The molecular formula is C20H19N3O5. The molecule has 2 atom stereocenters. The third-order valence-corrected chi connectivity index (χ3v) is 4.18. The second kappa shape index (κ2) is 8.34. The summed E-state index contributed by atoms with van der Waals surface area (Å²) in [6, 6.07) is 14.2. The predicted octanol–water partition coefficient (Wildman–Crippen LogP) is 2.63. The molecule has 2 unspecified atom stereocenters. The first-order valence-electron chi connectivity index (χ1n) is 8.60. The molecule has 0 saturated heterocycles. The van der Waals surface area contributed by atoms with Gasteiger partial charge in [0.15, 0.2) is 0 Å². The molecule has 0 bridgehead atoms. The molecule has 0 radical (unpaired) electrons. The van der Waals surface area contributed by atoms with Gasteiger partial charge in [-0.05, 0) is 17.7 Å². The van der Waals surface area contributed by atoms with Gasteiger partial charge < -0.3 is 20.5 Å². The van der Waals surface area contributed by atoms with Crippen LogP contribution in [0, 0.1) is 5.92 Å². The van der Waals surface area contributed by atoms with Crippen molar-refractivity contribution in [2.24, 2.45) is 10.9 Å². The Kier molecular flexibility index (Phi) is 5.69. The monoisotopic (exact) mass is 381 g/mol. The van der Waals surface area contributed by atoms with Gasteiger partial charge in [0.05, 0.1) is 11.8 Å². The first kappa shape index (κ1) is 19.1. The zero-order valence-electron chi connectivity index (χ0n) is 15.1. The number of nitrogens with zero attached hydrogens (tertiary/aromatic N) is 1. The van der Waals surface area contributed by atoms with Gasteiger partial charge in [0, 0.05) is 18.7 Å². The Labute approximate surface area is 161 Å². The topological polar surface area (TPSA) is 117 Å². The molecule has 28 heavy (non-hydrogen) atoms. The van der Waals surface area contributed by atoms with Gasteiger partial charge in [0.1, 0.15) is 18.3 Å². The molecule has 3 N–H and O–H groups in total. The summed E-state index contributed by atoms with van der Waals surface area (Å²) in [5.41, 5.74) is 1.34. The SMILES string of the molecule is CC(=O)Nc1cccc(OCC2=NC(=O)NC(c3ccccc3)C2C(=O)O)c1. The summed E-state index contributed by atoms with van der Waals surface area (Å²) in [5.74, 6) is -1.97. The number of amides is 3. The van der Waals surface area contributed by atoms with Crippen LogP contribution in [0.5, 0.6) is 5.75 Å². The number of carbonyl (C=O) groups is 3. The van der Waals surface area contributed by atoms with Crippen LogP contribution in [0.4, 0.5) is 10.5 Å². The Morgan fingerprint density at radius 1 is 1.18 bits per heavy atom. The largest absolute Gasteiger partial charge is 0.488 e. The highest BCUT2D eigenvalue weighted by atomic mass is 16.5. The van der Waals surface area contributed by atoms with E-state index in [1.807, 2.05) is 6.07 Å². The quantitative estimate of drug-likeness (QED) is 0.711. The Morgan fingerprint density at radius 3 is 2.61 bits per heavy atom. The maximum atomic E-state index is 12.0. The Morgan fingerprint density at radius 2 is 1.93 bits per heavy atom. The van der Waals surface area contributed by atoms with E-state index in [0.29, 0.717) is 17.0 Å². The van der Waals surface area contributed by atoms with E-state index in [-0.39, 0.29) is 18.2 Å². The van der Waals surface area contributed by atoms with Crippen molar-refractivity contribution in [1.82, 2.24) is 5.32 Å². The van der Waals surface area contributed by atoms with Crippen LogP contribution < -0.4 is 15.4 Å². The molecule has 144 valence electrons. The third kappa shape index (κ3) is 4.53. The van der Waals surface area contributed by atoms with Crippen molar-refractivity contribution in [3.8, 4) is 5.75 Å². The standard InChI is InChI=1S/C20H19N3O5/c1-12(24)21-14-8-5-9-15(10-14)28-11-16-17(19(25)26)18(23-20(27)22-16)13-6-3-2-4-7-13/h2-10,17-18H,11H2,1H3,(H,21,24)(H,23,27)(H,25,26). The van der Waals surface area contributed by atoms with E-state index in [1.165, 1.54) is 6.92 Å². The van der Waals surface area contributed by atoms with Crippen LogP contribution >= 0.6 is 0 Å². The summed E-state index contributed by atoms with van der Waals surface area (Å²) < 4.78 is 5.66. The van der Waals surface area contributed by atoms with Gasteiger partial charge in [-0.25, -0.2) is 4.79 Å². The van der Waals surface area contributed by atoms with E-state index in [2.05, 4.69) is 15.6 Å². The number of hydrogen-bond donors (Lipinski definition) is 3. The number of aliphatic carboxylic acids is 1. The first-order chi connectivity index (χ1) is 13.4. The van der Waals surface area contributed by atoms with Gasteiger partial charge in [-0.15, -0.1) is 0 Å². The van der Waals surface area contributed by atoms with Crippen LogP contribution in [-0.4, -0.2) is 35.3 Å². The molecule has 2 aromatic carbocycles. The van der Waals surface area contributed by atoms with Crippen molar-refractivity contribution in [2.45, 2.75) is 13.0 Å². The number of hydrogen-bond acceptors (Lipinski definition) is 4. The number of aliphatic imine (C=N–C) groups is 1. The van der Waals surface area contributed by atoms with E-state index < -0.39 is 24.0 Å². The van der Waals surface area contributed by atoms with Gasteiger partial charge in [-0.3, -0.25) is 9.59 Å². The van der Waals surface area contributed by atoms with Gasteiger partial charge in [0.2, 0.25) is 5.91 Å². The van der Waals surface area contributed by atoms with E-state index in [4.69, 9.17) is 4.74 Å². The van der Waals surface area contributed by atoms with Crippen molar-refractivity contribution in [1.29, 1.82) is 0 Å². The zero-order valence-corrected chi connectivity index (χ0v) is 15.1. The Bertz CT molecular complexity index is 926. The molecule has 8 nitrogen and oxygen atoms in total. The van der Waals surface area contributed by atoms with Crippen molar-refractivity contribution in [3.63, 3.8) is 0 Å². The van der Waals surface area contributed by atoms with E-state index in [0.717, 1.165) is 0 Å². The summed E-state index contributed by atoms with van der Waals surface area (Å²) in [6.07, 6.45) is 0. The molecule has 1 aliphatic heterocycles. The minimum atomic E-state index is -1.11. The Hall–Kier alpha value is -3.68. The number of benzene rings is 2. The zero-order chi connectivity index (χ0) is 20.1. The first-order valence-corrected chi connectivity index (χ1v) is 8.60. The maximum absolute atomic E-state index is 12.0. The average molecular weight is 381 g/mol. The fourth-order valence-corrected chi connectivity index (χ4v) is 3.01. The van der Waals surface area contributed by atoms with Crippen LogP contribution in [0.15, 0.2) is 59.6 Å². The highest BCUT2D eigenvalue weighted by molar-refractivity contribution is 6.09. The maximum Gasteiger partial charge on any atom is 0.341 e. The number of urea groups is 1. The lowest BCUT2D eigenvalue weighted by molar-refractivity contribution is -0.140. The van der Waals surface area contributed by atoms with Gasteiger partial charge in [-0.1, -0.05) is 36.4 Å². The number of carbonyl (C=O) groups excluding carboxylic acids is 2. The lowest BCUT2D eigenvalue weighted by Gasteiger charge is -2.29. The molecule has 1 heterocycles. The minimum absolute atomic E-state index is 0.120. The molecular weight excluding hydrogens is 362 g/mol. The highest BCUT2D eigenvalue weighted by Gasteiger charge is 2.39. The highest BCUT2D eigenvalue weighted by Crippen LogP contribution is 2.28. The molecule has 0 saturated carbocycles. The molecule has 3 amide bonds. The molecule has 1 aliphatic rings. The fourth-order valence-electron chi connectivity index (χ4n) is 3.01. The average Bonchev–Trinajstić information content (AvgIpc) is 2.66. The van der Waals surface area contributed by atoms with E-state index in [9.17, 15) is 19.5 Å². The Balaban J connectivity index is 1.81. The van der Waals surface area contributed by atoms with E-state index in [1.54, 1.807) is 48.5 Å². The number of nitrogens with one attached hydrogen (secondary N) is 2. The summed E-state index contributed by atoms with van der Waals surface area (Å²) in [7, 11) is 0. The lowest BCUT2D eigenvalue weighted by Crippen LogP contribution is -2.46. The van der Waals surface area contributed by atoms with Gasteiger partial charge >= 0.3 is 12.0 Å². The van der Waals surface area contributed by atoms with Gasteiger partial charge in [-0.2, -0.15) is 4.99 Å². The molecule has 2 aromatic rings. The number of ether oxygens (including phenoxy) is 1. The van der Waals surface area contributed by atoms with Crippen LogP contribution in [0.3, 0.4) is 0 Å². The lowest BCUT2D eigenvalue weighted by atomic mass is 9.88. The predicted molar refractivity (Wildman–Crippen MR) is 103 cm³/mol. The summed E-state index contributed by atoms with van der Waals surface area (Å²) >= 11 is 0.